The molecule has 29 heavy (non-hydrogen) atoms. The van der Waals surface area contributed by atoms with E-state index in [0.717, 1.165) is 12.8 Å². The fourth-order valence-corrected chi connectivity index (χ4v) is 3.43. The lowest BCUT2D eigenvalue weighted by Gasteiger charge is -2.15. The highest BCUT2D eigenvalue weighted by molar-refractivity contribution is 5.79. The van der Waals surface area contributed by atoms with Gasteiger partial charge in [-0.25, -0.2) is 19.1 Å². The van der Waals surface area contributed by atoms with E-state index in [1.807, 2.05) is 0 Å². The maximum absolute atomic E-state index is 13.2. The summed E-state index contributed by atoms with van der Waals surface area (Å²) in [5.41, 5.74) is 0.0246. The van der Waals surface area contributed by atoms with E-state index in [0.29, 0.717) is 11.4 Å². The smallest absolute Gasteiger partial charge is 0.337 e. The van der Waals surface area contributed by atoms with Crippen molar-refractivity contribution in [2.45, 2.75) is 38.8 Å². The number of hydrogen-bond donors (Lipinski definition) is 0. The summed E-state index contributed by atoms with van der Waals surface area (Å²) >= 11 is 0. The van der Waals surface area contributed by atoms with Gasteiger partial charge in [0.05, 0.1) is 25.7 Å². The molecule has 2 aromatic heterocycles. The first-order chi connectivity index (χ1) is 14.0. The van der Waals surface area contributed by atoms with Crippen molar-refractivity contribution in [3.63, 3.8) is 0 Å². The highest BCUT2D eigenvalue weighted by atomic mass is 16.5. The Bertz CT molecular complexity index is 1200. The third-order valence-electron chi connectivity index (χ3n) is 5.07. The first-order valence-corrected chi connectivity index (χ1v) is 9.53. The summed E-state index contributed by atoms with van der Waals surface area (Å²) in [5.74, 6) is 0.106. The van der Waals surface area contributed by atoms with E-state index < -0.39 is 23.3 Å². The molecule has 0 saturated heterocycles. The van der Waals surface area contributed by atoms with Crippen LogP contribution >= 0.6 is 0 Å². The Labute approximate surface area is 166 Å². The molecule has 0 spiro atoms. The number of rotatable bonds is 6. The van der Waals surface area contributed by atoms with Crippen molar-refractivity contribution in [3.05, 3.63) is 51.4 Å². The minimum Gasteiger partial charge on any atom is -0.497 e. The first kappa shape index (κ1) is 19.0. The maximum Gasteiger partial charge on any atom is 0.337 e. The molecule has 1 atom stereocenters. The monoisotopic (exact) mass is 398 g/mol. The van der Waals surface area contributed by atoms with Crippen LogP contribution in [0.5, 0.6) is 5.75 Å². The number of methoxy groups -OCH3 is 1. The number of aromatic nitrogens is 4. The number of benzene rings is 1. The lowest BCUT2D eigenvalue weighted by Crippen LogP contribution is -2.40. The van der Waals surface area contributed by atoms with Gasteiger partial charge in [-0.05, 0) is 38.8 Å². The number of esters is 1. The van der Waals surface area contributed by atoms with Crippen molar-refractivity contribution < 1.29 is 14.3 Å². The maximum atomic E-state index is 13.2. The summed E-state index contributed by atoms with van der Waals surface area (Å²) in [7, 11) is 1.54. The average molecular weight is 398 g/mol. The minimum absolute atomic E-state index is 0.141. The summed E-state index contributed by atoms with van der Waals surface area (Å²) in [6.07, 6.45) is 2.93. The predicted octanol–water partition coefficient (Wildman–Crippen LogP) is 1.82. The molecule has 9 heteroatoms. The van der Waals surface area contributed by atoms with E-state index in [1.165, 1.54) is 20.0 Å². The molecule has 2 heterocycles. The molecule has 0 unspecified atom stereocenters. The standard InChI is InChI=1S/C20H22N4O5/c1-4-29-19(26)12(2)22-11-21-17-16(22)18(25)24(13-8-9-13)20(27)23(17)14-6-5-7-15(10-14)28-3/h5-7,10-13H,4,8-9H2,1-3H3/t12-/m0/s1. The van der Waals surface area contributed by atoms with Crippen LogP contribution in [0.3, 0.4) is 0 Å². The second kappa shape index (κ2) is 7.23. The molecular weight excluding hydrogens is 376 g/mol. The molecule has 0 radical (unpaired) electrons. The Morgan fingerprint density at radius 1 is 1.31 bits per heavy atom. The minimum atomic E-state index is -0.753. The van der Waals surface area contributed by atoms with Crippen molar-refractivity contribution in [2.24, 2.45) is 0 Å². The van der Waals surface area contributed by atoms with Crippen LogP contribution in [-0.4, -0.2) is 38.4 Å². The van der Waals surface area contributed by atoms with Gasteiger partial charge in [-0.2, -0.15) is 0 Å². The fourth-order valence-electron chi connectivity index (χ4n) is 3.43. The second-order valence-electron chi connectivity index (χ2n) is 6.98. The van der Waals surface area contributed by atoms with Crippen molar-refractivity contribution in [1.29, 1.82) is 0 Å². The summed E-state index contributed by atoms with van der Waals surface area (Å²) in [6.45, 7) is 3.59. The van der Waals surface area contributed by atoms with Crippen LogP contribution in [0.4, 0.5) is 0 Å². The predicted molar refractivity (Wildman–Crippen MR) is 106 cm³/mol. The zero-order chi connectivity index (χ0) is 20.7. The average Bonchev–Trinajstić information content (AvgIpc) is 3.45. The topological polar surface area (TPSA) is 97.4 Å². The molecule has 1 aliphatic carbocycles. The van der Waals surface area contributed by atoms with E-state index in [1.54, 1.807) is 45.2 Å². The molecule has 1 fully saturated rings. The van der Waals surface area contributed by atoms with Crippen LogP contribution in [-0.2, 0) is 9.53 Å². The molecule has 0 aliphatic heterocycles. The molecule has 152 valence electrons. The van der Waals surface area contributed by atoms with Crippen LogP contribution < -0.4 is 16.0 Å². The molecule has 0 bridgehead atoms. The number of imidazole rings is 1. The molecule has 1 aromatic carbocycles. The summed E-state index contributed by atoms with van der Waals surface area (Å²) in [4.78, 5) is 43.1. The van der Waals surface area contributed by atoms with Crippen molar-refractivity contribution in [2.75, 3.05) is 13.7 Å². The van der Waals surface area contributed by atoms with Gasteiger partial charge in [0, 0.05) is 12.1 Å². The van der Waals surface area contributed by atoms with Crippen LogP contribution in [0.15, 0.2) is 40.2 Å². The molecule has 1 saturated carbocycles. The number of carbonyl (C=O) groups excluding carboxylic acids is 1. The number of nitrogens with zero attached hydrogens (tertiary/aromatic N) is 4. The van der Waals surface area contributed by atoms with Gasteiger partial charge < -0.3 is 14.0 Å². The zero-order valence-corrected chi connectivity index (χ0v) is 16.5. The van der Waals surface area contributed by atoms with E-state index in [-0.39, 0.29) is 23.8 Å². The van der Waals surface area contributed by atoms with E-state index in [9.17, 15) is 14.4 Å². The van der Waals surface area contributed by atoms with Crippen molar-refractivity contribution in [3.8, 4) is 11.4 Å². The largest absolute Gasteiger partial charge is 0.497 e. The van der Waals surface area contributed by atoms with Crippen LogP contribution in [0, 0.1) is 0 Å². The first-order valence-electron chi connectivity index (χ1n) is 9.53. The van der Waals surface area contributed by atoms with Gasteiger partial charge in [-0.1, -0.05) is 6.07 Å². The van der Waals surface area contributed by atoms with Crippen LogP contribution in [0.25, 0.3) is 16.9 Å². The van der Waals surface area contributed by atoms with Crippen molar-refractivity contribution in [1.82, 2.24) is 18.7 Å². The summed E-state index contributed by atoms with van der Waals surface area (Å²) in [5, 5.41) is 0. The van der Waals surface area contributed by atoms with Crippen molar-refractivity contribution >= 4 is 17.1 Å². The van der Waals surface area contributed by atoms with Gasteiger partial charge in [0.25, 0.3) is 5.56 Å². The van der Waals surface area contributed by atoms with Gasteiger partial charge in [0.2, 0.25) is 0 Å². The Morgan fingerprint density at radius 2 is 2.07 bits per heavy atom. The van der Waals surface area contributed by atoms with Gasteiger partial charge in [0.1, 0.15) is 11.8 Å². The Morgan fingerprint density at radius 3 is 2.72 bits per heavy atom. The van der Waals surface area contributed by atoms with E-state index >= 15 is 0 Å². The van der Waals surface area contributed by atoms with Gasteiger partial charge in [0.15, 0.2) is 11.2 Å². The quantitative estimate of drug-likeness (QED) is 0.588. The number of fused-ring (bicyclic) bond motifs is 1. The SMILES string of the molecule is CCOC(=O)[C@H](C)n1cnc2c1c(=O)n(C1CC1)c(=O)n2-c1cccc(OC)c1. The van der Waals surface area contributed by atoms with Crippen LogP contribution in [0.1, 0.15) is 38.8 Å². The molecule has 0 N–H and O–H groups in total. The highest BCUT2D eigenvalue weighted by Gasteiger charge is 2.31. The number of ether oxygens (including phenoxy) is 2. The number of carbonyl (C=O) groups is 1. The zero-order valence-electron chi connectivity index (χ0n) is 16.5. The summed E-state index contributed by atoms with van der Waals surface area (Å²) in [6, 6.07) is 6.09. The van der Waals surface area contributed by atoms with E-state index in [2.05, 4.69) is 4.98 Å². The van der Waals surface area contributed by atoms with Gasteiger partial charge in [-0.15, -0.1) is 0 Å². The van der Waals surface area contributed by atoms with Crippen LogP contribution in [0.2, 0.25) is 0 Å². The molecular formula is C20H22N4O5. The second-order valence-corrected chi connectivity index (χ2v) is 6.98. The third kappa shape index (κ3) is 3.12. The molecule has 1 aliphatic rings. The Hall–Kier alpha value is -3.36. The number of hydrogen-bond acceptors (Lipinski definition) is 6. The Balaban J connectivity index is 2.02. The molecule has 9 nitrogen and oxygen atoms in total. The van der Waals surface area contributed by atoms with Gasteiger partial charge in [-0.3, -0.25) is 9.36 Å². The lowest BCUT2D eigenvalue weighted by molar-refractivity contribution is -0.146. The normalized spacial score (nSPS) is 14.7. The third-order valence-corrected chi connectivity index (χ3v) is 5.07. The summed E-state index contributed by atoms with van der Waals surface area (Å²) < 4.78 is 14.5. The Kier molecular flexibility index (Phi) is 4.73. The lowest BCUT2D eigenvalue weighted by atomic mass is 10.3. The van der Waals surface area contributed by atoms with E-state index in [4.69, 9.17) is 9.47 Å². The highest BCUT2D eigenvalue weighted by Crippen LogP contribution is 2.33. The van der Waals surface area contributed by atoms with Gasteiger partial charge >= 0.3 is 11.7 Å². The molecule has 0 amide bonds. The molecule has 3 aromatic rings. The fraction of sp³-hybridized carbons (Fsp3) is 0.400. The molecule has 4 rings (SSSR count).